The number of carbonyl (C=O) groups excluding carboxylic acids is 1. The van der Waals surface area contributed by atoms with Crippen molar-refractivity contribution in [1.82, 2.24) is 14.3 Å². The SMILES string of the molecule is CC(C)OCCCNc1nc2ccccn2c(=O)c1/C=C1\SC(=S)N(Cc2ccco2)C1=O. The van der Waals surface area contributed by atoms with Crippen LogP contribution in [0.4, 0.5) is 5.82 Å². The van der Waals surface area contributed by atoms with Gasteiger partial charge in [-0.05, 0) is 50.6 Å². The van der Waals surface area contributed by atoms with E-state index >= 15 is 0 Å². The Balaban J connectivity index is 1.63. The molecule has 1 saturated heterocycles. The van der Waals surface area contributed by atoms with Gasteiger partial charge in [0.25, 0.3) is 11.5 Å². The maximum atomic E-state index is 13.3. The Bertz CT molecular complexity index is 1250. The van der Waals surface area contributed by atoms with Crippen LogP contribution >= 0.6 is 24.0 Å². The Hall–Kier alpha value is -2.95. The molecule has 172 valence electrons. The molecule has 0 radical (unpaired) electrons. The average molecular weight is 485 g/mol. The molecule has 1 N–H and O–H groups in total. The zero-order valence-electron chi connectivity index (χ0n) is 18.3. The molecule has 4 rings (SSSR count). The largest absolute Gasteiger partial charge is 0.467 e. The second-order valence-corrected chi connectivity index (χ2v) is 9.33. The number of nitrogens with one attached hydrogen (secondary N) is 1. The van der Waals surface area contributed by atoms with Gasteiger partial charge >= 0.3 is 0 Å². The molecule has 33 heavy (non-hydrogen) atoms. The first-order chi connectivity index (χ1) is 15.9. The lowest BCUT2D eigenvalue weighted by Gasteiger charge is -2.13. The number of furan rings is 1. The third-order valence-corrected chi connectivity index (χ3v) is 6.25. The zero-order chi connectivity index (χ0) is 23.4. The lowest BCUT2D eigenvalue weighted by Crippen LogP contribution is -2.27. The molecule has 0 bridgehead atoms. The fourth-order valence-electron chi connectivity index (χ4n) is 3.29. The molecule has 0 saturated carbocycles. The van der Waals surface area contributed by atoms with Gasteiger partial charge in [0, 0.05) is 19.3 Å². The van der Waals surface area contributed by atoms with Crippen molar-refractivity contribution in [3.8, 4) is 0 Å². The van der Waals surface area contributed by atoms with Crippen LogP contribution in [-0.4, -0.2) is 43.8 Å². The van der Waals surface area contributed by atoms with Crippen molar-refractivity contribution in [2.24, 2.45) is 0 Å². The second-order valence-electron chi connectivity index (χ2n) is 7.66. The maximum Gasteiger partial charge on any atom is 0.267 e. The first-order valence-electron chi connectivity index (χ1n) is 10.6. The van der Waals surface area contributed by atoms with Crippen molar-refractivity contribution in [2.45, 2.75) is 32.9 Å². The average Bonchev–Trinajstić information content (AvgIpc) is 3.40. The standard InChI is InChI=1S/C23H24N4O4S2/c1-15(2)30-12-6-9-24-20-17(21(28)26-10-4-3-8-19(26)25-20)13-18-22(29)27(23(32)33-18)14-16-7-5-11-31-16/h3-5,7-8,10-11,13,15,24H,6,9,12,14H2,1-2H3/b18-13-. The minimum atomic E-state index is -0.268. The zero-order valence-corrected chi connectivity index (χ0v) is 19.9. The smallest absolute Gasteiger partial charge is 0.267 e. The van der Waals surface area contributed by atoms with E-state index in [4.69, 9.17) is 21.4 Å². The number of fused-ring (bicyclic) bond motifs is 1. The summed E-state index contributed by atoms with van der Waals surface area (Å²) >= 11 is 6.56. The summed E-state index contributed by atoms with van der Waals surface area (Å²) in [4.78, 5) is 32.8. The van der Waals surface area contributed by atoms with Gasteiger partial charge in [-0.1, -0.05) is 30.0 Å². The first kappa shape index (κ1) is 23.2. The van der Waals surface area contributed by atoms with Gasteiger partial charge in [-0.25, -0.2) is 4.98 Å². The van der Waals surface area contributed by atoms with E-state index in [2.05, 4.69) is 10.3 Å². The van der Waals surface area contributed by atoms with E-state index in [1.807, 2.05) is 19.9 Å². The number of hydrogen-bond donors (Lipinski definition) is 1. The number of hydrogen-bond acceptors (Lipinski definition) is 8. The lowest BCUT2D eigenvalue weighted by atomic mass is 10.2. The molecular weight excluding hydrogens is 460 g/mol. The van der Waals surface area contributed by atoms with Crippen LogP contribution < -0.4 is 10.9 Å². The maximum absolute atomic E-state index is 13.3. The van der Waals surface area contributed by atoms with Crippen molar-refractivity contribution < 1.29 is 13.9 Å². The Kier molecular flexibility index (Phi) is 7.26. The van der Waals surface area contributed by atoms with Crippen LogP contribution in [0.15, 0.2) is 56.9 Å². The molecule has 10 heteroatoms. The number of pyridine rings is 1. The van der Waals surface area contributed by atoms with Gasteiger partial charge in [0.1, 0.15) is 21.5 Å². The molecule has 3 aromatic rings. The minimum Gasteiger partial charge on any atom is -0.467 e. The van der Waals surface area contributed by atoms with E-state index in [1.54, 1.807) is 42.8 Å². The van der Waals surface area contributed by atoms with Gasteiger partial charge in [0.05, 0.1) is 29.4 Å². The quantitative estimate of drug-likeness (QED) is 0.278. The van der Waals surface area contributed by atoms with Gasteiger partial charge in [0.2, 0.25) is 0 Å². The fourth-order valence-corrected chi connectivity index (χ4v) is 4.53. The Labute approximate surface area is 200 Å². The van der Waals surface area contributed by atoms with E-state index in [1.165, 1.54) is 9.30 Å². The summed E-state index contributed by atoms with van der Waals surface area (Å²) < 4.78 is 12.8. The third-order valence-electron chi connectivity index (χ3n) is 4.88. The van der Waals surface area contributed by atoms with E-state index in [-0.39, 0.29) is 24.1 Å². The van der Waals surface area contributed by atoms with Crippen LogP contribution in [0.5, 0.6) is 0 Å². The first-order valence-corrected chi connectivity index (χ1v) is 11.8. The third kappa shape index (κ3) is 5.35. The number of rotatable bonds is 9. The van der Waals surface area contributed by atoms with E-state index in [0.29, 0.717) is 45.2 Å². The highest BCUT2D eigenvalue weighted by Crippen LogP contribution is 2.34. The molecule has 0 unspecified atom stereocenters. The topological polar surface area (TPSA) is 89.1 Å². The molecule has 1 aliphatic rings. The van der Waals surface area contributed by atoms with Crippen molar-refractivity contribution in [2.75, 3.05) is 18.5 Å². The summed E-state index contributed by atoms with van der Waals surface area (Å²) in [6.07, 6.45) is 5.69. The summed E-state index contributed by atoms with van der Waals surface area (Å²) in [5.74, 6) is 0.785. The van der Waals surface area contributed by atoms with Crippen LogP contribution in [0.1, 0.15) is 31.6 Å². The van der Waals surface area contributed by atoms with Crippen molar-refractivity contribution >= 4 is 51.7 Å². The Morgan fingerprint density at radius 2 is 2.12 bits per heavy atom. The van der Waals surface area contributed by atoms with Crippen LogP contribution in [0.25, 0.3) is 11.7 Å². The Morgan fingerprint density at radius 1 is 1.27 bits per heavy atom. The van der Waals surface area contributed by atoms with Gasteiger partial charge in [0.15, 0.2) is 0 Å². The highest BCUT2D eigenvalue weighted by molar-refractivity contribution is 8.26. The molecular formula is C23H24N4O4S2. The van der Waals surface area contributed by atoms with Crippen molar-refractivity contribution in [3.05, 3.63) is 69.4 Å². The monoisotopic (exact) mass is 484 g/mol. The van der Waals surface area contributed by atoms with Gasteiger partial charge in [-0.3, -0.25) is 18.9 Å². The molecule has 1 aliphatic heterocycles. The van der Waals surface area contributed by atoms with Crippen molar-refractivity contribution in [1.29, 1.82) is 0 Å². The number of ether oxygens (including phenoxy) is 1. The highest BCUT2D eigenvalue weighted by atomic mass is 32.2. The second kappa shape index (κ2) is 10.3. The van der Waals surface area contributed by atoms with E-state index < -0.39 is 0 Å². The predicted molar refractivity (Wildman–Crippen MR) is 133 cm³/mol. The molecule has 0 atom stereocenters. The number of thioether (sulfide) groups is 1. The molecule has 0 aliphatic carbocycles. The van der Waals surface area contributed by atoms with Crippen LogP contribution in [0.3, 0.4) is 0 Å². The summed E-state index contributed by atoms with van der Waals surface area (Å²) in [7, 11) is 0. The molecule has 0 spiro atoms. The summed E-state index contributed by atoms with van der Waals surface area (Å²) in [5, 5.41) is 3.24. The lowest BCUT2D eigenvalue weighted by molar-refractivity contribution is -0.122. The number of carbonyl (C=O) groups is 1. The van der Waals surface area contributed by atoms with Gasteiger partial charge < -0.3 is 14.5 Å². The summed E-state index contributed by atoms with van der Waals surface area (Å²) in [6.45, 7) is 5.38. The number of amides is 1. The number of thiocarbonyl (C=S) groups is 1. The van der Waals surface area contributed by atoms with Crippen LogP contribution in [-0.2, 0) is 16.1 Å². The minimum absolute atomic E-state index is 0.159. The normalized spacial score (nSPS) is 15.4. The van der Waals surface area contributed by atoms with E-state index in [9.17, 15) is 9.59 Å². The number of anilines is 1. The fraction of sp³-hybridized carbons (Fsp3) is 0.304. The summed E-state index contributed by atoms with van der Waals surface area (Å²) in [5.41, 5.74) is 0.561. The number of nitrogens with zero attached hydrogens (tertiary/aromatic N) is 3. The Morgan fingerprint density at radius 3 is 2.88 bits per heavy atom. The van der Waals surface area contributed by atoms with Gasteiger partial charge in [-0.2, -0.15) is 0 Å². The van der Waals surface area contributed by atoms with Crippen LogP contribution in [0, 0.1) is 0 Å². The molecule has 1 amide bonds. The van der Waals surface area contributed by atoms with Crippen molar-refractivity contribution in [3.63, 3.8) is 0 Å². The van der Waals surface area contributed by atoms with Gasteiger partial charge in [-0.15, -0.1) is 0 Å². The van der Waals surface area contributed by atoms with Crippen LogP contribution in [0.2, 0.25) is 0 Å². The molecule has 0 aromatic carbocycles. The predicted octanol–water partition coefficient (Wildman–Crippen LogP) is 3.92. The number of aromatic nitrogens is 2. The molecule has 4 heterocycles. The summed E-state index contributed by atoms with van der Waals surface area (Å²) in [6, 6.07) is 8.89. The molecule has 8 nitrogen and oxygen atoms in total. The van der Waals surface area contributed by atoms with E-state index in [0.717, 1.165) is 18.2 Å². The molecule has 1 fully saturated rings. The molecule has 3 aromatic heterocycles. The highest BCUT2D eigenvalue weighted by Gasteiger charge is 2.33.